The first kappa shape index (κ1) is 22.5. The standard InChI is InChI=1S/C30H26N2O3/c1-30(2,3)23-12-14-24(15-13-23)32-26(22-9-6-16-31-18-22)25(28(34)29(32)35)27(33)21-11-10-19-7-4-5-8-20(19)17-21/h4-18,26,33H,1-3H3/b27-25-. The fraction of sp³-hybridized carbons (Fsp3) is 0.167. The Bertz CT molecular complexity index is 1470. The number of fused-ring (bicyclic) bond motifs is 1. The van der Waals surface area contributed by atoms with Crippen LogP contribution in [0.4, 0.5) is 5.69 Å². The van der Waals surface area contributed by atoms with E-state index in [1.165, 1.54) is 4.90 Å². The molecule has 2 heterocycles. The van der Waals surface area contributed by atoms with Gasteiger partial charge in [-0.2, -0.15) is 0 Å². The first-order valence-electron chi connectivity index (χ1n) is 11.6. The van der Waals surface area contributed by atoms with E-state index in [1.807, 2.05) is 66.7 Å². The minimum Gasteiger partial charge on any atom is -0.507 e. The summed E-state index contributed by atoms with van der Waals surface area (Å²) < 4.78 is 0. The van der Waals surface area contributed by atoms with Gasteiger partial charge in [0, 0.05) is 23.6 Å². The van der Waals surface area contributed by atoms with Gasteiger partial charge in [0.15, 0.2) is 0 Å². The monoisotopic (exact) mass is 462 g/mol. The largest absolute Gasteiger partial charge is 0.507 e. The molecule has 1 aromatic heterocycles. The molecular formula is C30H26N2O3. The molecule has 1 aliphatic rings. The molecular weight excluding hydrogens is 436 g/mol. The van der Waals surface area contributed by atoms with E-state index in [9.17, 15) is 14.7 Å². The summed E-state index contributed by atoms with van der Waals surface area (Å²) in [6.07, 6.45) is 3.26. The normalized spacial score (nSPS) is 17.8. The summed E-state index contributed by atoms with van der Waals surface area (Å²) in [4.78, 5) is 32.4. The first-order valence-corrected chi connectivity index (χ1v) is 11.6. The molecule has 0 aliphatic carbocycles. The van der Waals surface area contributed by atoms with Gasteiger partial charge in [0.1, 0.15) is 5.76 Å². The Morgan fingerprint density at radius 1 is 0.886 bits per heavy atom. The number of amides is 1. The molecule has 0 saturated carbocycles. The molecule has 0 spiro atoms. The number of hydrogen-bond acceptors (Lipinski definition) is 4. The highest BCUT2D eigenvalue weighted by atomic mass is 16.3. The zero-order chi connectivity index (χ0) is 24.7. The molecule has 5 heteroatoms. The van der Waals surface area contributed by atoms with Crippen LogP contribution in [-0.4, -0.2) is 21.8 Å². The van der Waals surface area contributed by atoms with Crippen LogP contribution in [0.1, 0.15) is 43.5 Å². The number of benzene rings is 3. The molecule has 0 radical (unpaired) electrons. The summed E-state index contributed by atoms with van der Waals surface area (Å²) in [6, 6.07) is 23.7. The van der Waals surface area contributed by atoms with Crippen molar-refractivity contribution in [3.8, 4) is 0 Å². The van der Waals surface area contributed by atoms with Crippen LogP contribution in [0, 0.1) is 0 Å². The molecule has 1 aliphatic heterocycles. The molecule has 4 aromatic rings. The summed E-state index contributed by atoms with van der Waals surface area (Å²) >= 11 is 0. The lowest BCUT2D eigenvalue weighted by atomic mass is 9.87. The lowest BCUT2D eigenvalue weighted by Crippen LogP contribution is -2.29. The molecule has 5 rings (SSSR count). The molecule has 3 aromatic carbocycles. The van der Waals surface area contributed by atoms with Crippen LogP contribution < -0.4 is 4.90 Å². The van der Waals surface area contributed by atoms with E-state index in [1.54, 1.807) is 24.5 Å². The van der Waals surface area contributed by atoms with E-state index in [0.717, 1.165) is 16.3 Å². The first-order chi connectivity index (χ1) is 16.8. The fourth-order valence-corrected chi connectivity index (χ4v) is 4.57. The van der Waals surface area contributed by atoms with Crippen LogP contribution in [0.25, 0.3) is 16.5 Å². The van der Waals surface area contributed by atoms with Gasteiger partial charge < -0.3 is 5.11 Å². The minimum atomic E-state index is -0.796. The Balaban J connectivity index is 1.68. The van der Waals surface area contributed by atoms with Crippen LogP contribution in [0.2, 0.25) is 0 Å². The van der Waals surface area contributed by atoms with Crippen LogP contribution in [0.3, 0.4) is 0 Å². The van der Waals surface area contributed by atoms with Gasteiger partial charge in [-0.3, -0.25) is 19.5 Å². The fourth-order valence-electron chi connectivity index (χ4n) is 4.57. The van der Waals surface area contributed by atoms with E-state index in [-0.39, 0.29) is 16.7 Å². The SMILES string of the molecule is CC(C)(C)c1ccc(N2C(=O)C(=O)/C(=C(\O)c3ccc4ccccc4c3)C2c2cccnc2)cc1. The number of aliphatic hydroxyl groups is 1. The summed E-state index contributed by atoms with van der Waals surface area (Å²) in [5, 5.41) is 13.3. The summed E-state index contributed by atoms with van der Waals surface area (Å²) in [5.41, 5.74) is 2.84. The lowest BCUT2D eigenvalue weighted by molar-refractivity contribution is -0.132. The van der Waals surface area contributed by atoms with E-state index in [0.29, 0.717) is 16.8 Å². The van der Waals surface area contributed by atoms with Crippen LogP contribution in [-0.2, 0) is 15.0 Å². The molecule has 5 nitrogen and oxygen atoms in total. The van der Waals surface area contributed by atoms with E-state index >= 15 is 0 Å². The van der Waals surface area contributed by atoms with Crippen LogP contribution in [0.15, 0.2) is 96.8 Å². The van der Waals surface area contributed by atoms with Crippen molar-refractivity contribution in [1.82, 2.24) is 4.98 Å². The maximum Gasteiger partial charge on any atom is 0.300 e. The quantitative estimate of drug-likeness (QED) is 0.225. The van der Waals surface area contributed by atoms with Gasteiger partial charge in [0.2, 0.25) is 0 Å². The predicted octanol–water partition coefficient (Wildman–Crippen LogP) is 6.16. The number of carbonyl (C=O) groups excluding carboxylic acids is 2. The number of hydrogen-bond donors (Lipinski definition) is 1. The van der Waals surface area contributed by atoms with Gasteiger partial charge in [0.25, 0.3) is 11.7 Å². The lowest BCUT2D eigenvalue weighted by Gasteiger charge is -2.26. The van der Waals surface area contributed by atoms with Crippen molar-refractivity contribution < 1.29 is 14.7 Å². The highest BCUT2D eigenvalue weighted by Crippen LogP contribution is 2.42. The number of aliphatic hydroxyl groups excluding tert-OH is 1. The number of nitrogens with zero attached hydrogens (tertiary/aromatic N) is 2. The molecule has 1 N–H and O–H groups in total. The summed E-state index contributed by atoms with van der Waals surface area (Å²) in [6.45, 7) is 6.36. The Hall–Kier alpha value is -4.25. The predicted molar refractivity (Wildman–Crippen MR) is 138 cm³/mol. The maximum absolute atomic E-state index is 13.3. The average Bonchev–Trinajstić information content (AvgIpc) is 3.13. The zero-order valence-corrected chi connectivity index (χ0v) is 19.9. The van der Waals surface area contributed by atoms with Gasteiger partial charge in [-0.1, -0.05) is 75.4 Å². The molecule has 1 atom stereocenters. The van der Waals surface area contributed by atoms with Gasteiger partial charge >= 0.3 is 0 Å². The molecule has 174 valence electrons. The number of carbonyl (C=O) groups is 2. The number of anilines is 1. The van der Waals surface area contributed by atoms with Gasteiger partial charge in [-0.25, -0.2) is 0 Å². The Morgan fingerprint density at radius 3 is 2.26 bits per heavy atom. The van der Waals surface area contributed by atoms with Gasteiger partial charge in [-0.15, -0.1) is 0 Å². The average molecular weight is 463 g/mol. The maximum atomic E-state index is 13.3. The number of ketones is 1. The number of Topliss-reactive ketones (excluding diaryl/α,β-unsaturated/α-hetero) is 1. The van der Waals surface area contributed by atoms with Crippen molar-refractivity contribution in [2.45, 2.75) is 32.2 Å². The molecule has 1 saturated heterocycles. The van der Waals surface area contributed by atoms with E-state index in [4.69, 9.17) is 0 Å². The molecule has 1 fully saturated rings. The summed E-state index contributed by atoms with van der Waals surface area (Å²) in [5.74, 6) is -1.59. The second kappa shape index (κ2) is 8.51. The van der Waals surface area contributed by atoms with Gasteiger partial charge in [-0.05, 0) is 51.6 Å². The molecule has 1 amide bonds. The Kier molecular flexibility index (Phi) is 5.48. The number of rotatable bonds is 3. The third kappa shape index (κ3) is 3.99. The van der Waals surface area contributed by atoms with Gasteiger partial charge in [0.05, 0.1) is 11.6 Å². The topological polar surface area (TPSA) is 70.5 Å². The summed E-state index contributed by atoms with van der Waals surface area (Å²) in [7, 11) is 0. The second-order valence-corrected chi connectivity index (χ2v) is 9.81. The van der Waals surface area contributed by atoms with Crippen molar-refractivity contribution in [2.24, 2.45) is 0 Å². The molecule has 35 heavy (non-hydrogen) atoms. The Morgan fingerprint density at radius 2 is 1.60 bits per heavy atom. The molecule has 0 bridgehead atoms. The minimum absolute atomic E-state index is 0.0501. The number of aromatic nitrogens is 1. The zero-order valence-electron chi connectivity index (χ0n) is 19.9. The van der Waals surface area contributed by atoms with Crippen molar-refractivity contribution in [3.05, 3.63) is 114 Å². The highest BCUT2D eigenvalue weighted by molar-refractivity contribution is 6.51. The van der Waals surface area contributed by atoms with E-state index < -0.39 is 17.7 Å². The van der Waals surface area contributed by atoms with Crippen LogP contribution in [0.5, 0.6) is 0 Å². The van der Waals surface area contributed by atoms with Crippen molar-refractivity contribution in [1.29, 1.82) is 0 Å². The van der Waals surface area contributed by atoms with Crippen molar-refractivity contribution in [3.63, 3.8) is 0 Å². The molecule has 1 unspecified atom stereocenters. The third-order valence-corrected chi connectivity index (χ3v) is 6.48. The van der Waals surface area contributed by atoms with Crippen LogP contribution >= 0.6 is 0 Å². The van der Waals surface area contributed by atoms with Crippen molar-refractivity contribution in [2.75, 3.05) is 4.90 Å². The van der Waals surface area contributed by atoms with E-state index in [2.05, 4.69) is 25.8 Å². The highest BCUT2D eigenvalue weighted by Gasteiger charge is 2.47. The smallest absolute Gasteiger partial charge is 0.300 e. The Labute approximate surface area is 204 Å². The third-order valence-electron chi connectivity index (χ3n) is 6.48. The second-order valence-electron chi connectivity index (χ2n) is 9.81. The number of pyridine rings is 1. The van der Waals surface area contributed by atoms with Crippen molar-refractivity contribution >= 4 is 33.9 Å².